The molecule has 1 aromatic heterocycles. The molecule has 272 valence electrons. The molecule has 0 aliphatic heterocycles. The lowest BCUT2D eigenvalue weighted by Gasteiger charge is -2.44. The van der Waals surface area contributed by atoms with Crippen molar-refractivity contribution in [2.24, 2.45) is 23.7 Å². The van der Waals surface area contributed by atoms with E-state index in [1.54, 1.807) is 11.1 Å². The van der Waals surface area contributed by atoms with Crippen molar-refractivity contribution in [2.75, 3.05) is 4.90 Å². The van der Waals surface area contributed by atoms with E-state index in [0.717, 1.165) is 51.1 Å². The minimum Gasteiger partial charge on any atom is -0.456 e. The van der Waals surface area contributed by atoms with Gasteiger partial charge >= 0.3 is 0 Å². The number of benzene rings is 8. The zero-order valence-electron chi connectivity index (χ0n) is 31.7. The van der Waals surface area contributed by atoms with Gasteiger partial charge in [-0.15, -0.1) is 0 Å². The molecule has 5 atom stereocenters. The fraction of sp³-hybridized carbons (Fsp3) is 0.164. The summed E-state index contributed by atoms with van der Waals surface area (Å²) in [5.74, 6) is 3.20. The molecule has 4 saturated carbocycles. The Hall–Kier alpha value is -6.38. The summed E-state index contributed by atoms with van der Waals surface area (Å²) in [5, 5.41) is 4.83. The molecule has 4 bridgehead atoms. The van der Waals surface area contributed by atoms with Crippen LogP contribution in [-0.4, -0.2) is 0 Å². The number of rotatable bonds is 5. The minimum atomic E-state index is 0.101. The summed E-state index contributed by atoms with van der Waals surface area (Å²) in [5.41, 5.74) is 16.4. The summed E-state index contributed by atoms with van der Waals surface area (Å²) < 4.78 is 6.49. The summed E-state index contributed by atoms with van der Waals surface area (Å²) in [4.78, 5) is 2.44. The van der Waals surface area contributed by atoms with Crippen LogP contribution in [0.5, 0.6) is 0 Å². The first-order valence-electron chi connectivity index (χ1n) is 20.9. The predicted octanol–water partition coefficient (Wildman–Crippen LogP) is 14.9. The monoisotopic (exact) mass is 731 g/mol. The number of fused-ring (bicyclic) bond motifs is 7. The Morgan fingerprint density at radius 3 is 2.07 bits per heavy atom. The maximum atomic E-state index is 6.49. The molecule has 0 radical (unpaired) electrons. The molecule has 4 fully saturated rings. The van der Waals surface area contributed by atoms with Crippen molar-refractivity contribution in [2.45, 2.75) is 31.1 Å². The van der Waals surface area contributed by atoms with E-state index in [1.807, 2.05) is 0 Å². The first-order valence-corrected chi connectivity index (χ1v) is 20.9. The molecule has 1 spiro atoms. The summed E-state index contributed by atoms with van der Waals surface area (Å²) in [6.45, 7) is 0. The molecule has 5 aliphatic rings. The Morgan fingerprint density at radius 2 is 1.18 bits per heavy atom. The second-order valence-corrected chi connectivity index (χ2v) is 17.3. The minimum absolute atomic E-state index is 0.101. The number of para-hydroxylation sites is 1. The van der Waals surface area contributed by atoms with Crippen molar-refractivity contribution < 1.29 is 4.42 Å². The van der Waals surface area contributed by atoms with Crippen molar-refractivity contribution in [3.8, 4) is 33.4 Å². The number of hydrogen-bond donors (Lipinski definition) is 0. The molecule has 5 unspecified atom stereocenters. The third kappa shape index (κ3) is 4.47. The van der Waals surface area contributed by atoms with Crippen LogP contribution in [0.15, 0.2) is 180 Å². The van der Waals surface area contributed by atoms with Crippen LogP contribution >= 0.6 is 0 Å². The van der Waals surface area contributed by atoms with Crippen LogP contribution in [-0.2, 0) is 5.41 Å². The van der Waals surface area contributed by atoms with Crippen molar-refractivity contribution in [3.05, 3.63) is 187 Å². The quantitative estimate of drug-likeness (QED) is 0.175. The van der Waals surface area contributed by atoms with Gasteiger partial charge in [-0.05, 0) is 153 Å². The highest BCUT2D eigenvalue weighted by Crippen LogP contribution is 2.73. The Balaban J connectivity index is 0.998. The van der Waals surface area contributed by atoms with Gasteiger partial charge in [-0.2, -0.15) is 0 Å². The van der Waals surface area contributed by atoms with Crippen LogP contribution in [0.25, 0.3) is 66.1 Å². The predicted molar refractivity (Wildman–Crippen MR) is 235 cm³/mol. The highest BCUT2D eigenvalue weighted by molar-refractivity contribution is 6.06. The van der Waals surface area contributed by atoms with E-state index < -0.39 is 0 Å². The molecule has 57 heavy (non-hydrogen) atoms. The second kappa shape index (κ2) is 11.8. The van der Waals surface area contributed by atoms with Crippen molar-refractivity contribution in [1.82, 2.24) is 0 Å². The zero-order chi connectivity index (χ0) is 37.2. The third-order valence-electron chi connectivity index (χ3n) is 14.6. The van der Waals surface area contributed by atoms with E-state index in [1.165, 1.54) is 75.5 Å². The molecule has 8 aromatic carbocycles. The Labute approximate surface area is 333 Å². The molecule has 0 amide bonds. The lowest BCUT2D eigenvalue weighted by molar-refractivity contribution is 0.191. The molecular weight excluding hydrogens is 691 g/mol. The van der Waals surface area contributed by atoms with E-state index in [9.17, 15) is 0 Å². The fourth-order valence-corrected chi connectivity index (χ4v) is 12.5. The molecular formula is C55H41NO. The summed E-state index contributed by atoms with van der Waals surface area (Å²) >= 11 is 0. The number of furan rings is 1. The first-order chi connectivity index (χ1) is 28.2. The summed E-state index contributed by atoms with van der Waals surface area (Å²) in [7, 11) is 0. The van der Waals surface area contributed by atoms with E-state index in [2.05, 4.69) is 181 Å². The maximum absolute atomic E-state index is 6.49. The van der Waals surface area contributed by atoms with E-state index >= 15 is 0 Å². The van der Waals surface area contributed by atoms with Gasteiger partial charge in [0.25, 0.3) is 0 Å². The Kier molecular flexibility index (Phi) is 6.59. The van der Waals surface area contributed by atoms with Crippen LogP contribution in [0, 0.1) is 23.7 Å². The molecule has 9 aromatic rings. The van der Waals surface area contributed by atoms with Gasteiger partial charge in [-0.1, -0.05) is 121 Å². The standard InChI is InChI=1S/C55H41NO/c1-2-9-35(10-3-1)38-19-24-46-49-32-42(23-26-50(49)55(52(46)31-38)40-28-34-27-39(30-40)51(55)29-34)56(43-22-25-48-47-14-6-7-16-53(47)57-54(48)33-43)41-20-17-37(18-21-41)45-15-8-12-36-11-4-5-13-44(36)45/h1-26,31-34,39-40,51H,27-30H2. The van der Waals surface area contributed by atoms with E-state index in [4.69, 9.17) is 4.42 Å². The van der Waals surface area contributed by atoms with Crippen LogP contribution in [0.1, 0.15) is 36.8 Å². The van der Waals surface area contributed by atoms with Gasteiger partial charge in [0.05, 0.1) is 0 Å². The molecule has 2 nitrogen and oxygen atoms in total. The van der Waals surface area contributed by atoms with Crippen molar-refractivity contribution >= 4 is 49.8 Å². The fourth-order valence-electron chi connectivity index (χ4n) is 12.5. The summed E-state index contributed by atoms with van der Waals surface area (Å²) in [6, 6.07) is 65.5. The number of hydrogen-bond acceptors (Lipinski definition) is 2. The van der Waals surface area contributed by atoms with Gasteiger partial charge in [0.1, 0.15) is 11.2 Å². The van der Waals surface area contributed by atoms with Crippen molar-refractivity contribution in [3.63, 3.8) is 0 Å². The smallest absolute Gasteiger partial charge is 0.137 e. The van der Waals surface area contributed by atoms with Crippen molar-refractivity contribution in [1.29, 1.82) is 0 Å². The van der Waals surface area contributed by atoms with Gasteiger partial charge in [0, 0.05) is 39.3 Å². The second-order valence-electron chi connectivity index (χ2n) is 17.3. The van der Waals surface area contributed by atoms with Gasteiger partial charge in [-0.25, -0.2) is 0 Å². The average molecular weight is 732 g/mol. The number of anilines is 3. The largest absolute Gasteiger partial charge is 0.456 e. The molecule has 5 aliphatic carbocycles. The Morgan fingerprint density at radius 1 is 0.439 bits per heavy atom. The molecule has 0 N–H and O–H groups in total. The average Bonchev–Trinajstić information content (AvgIpc) is 3.94. The SMILES string of the molecule is c1ccc(-c2ccc3c(c2)C2(c4ccc(N(c5ccc(-c6cccc7ccccc67)cc5)c5ccc6c(c5)oc5ccccc56)cc4-3)C3CC4CC(C3)C2C4)cc1. The van der Waals surface area contributed by atoms with E-state index in [0.29, 0.717) is 5.92 Å². The third-order valence-corrected chi connectivity index (χ3v) is 14.6. The topological polar surface area (TPSA) is 16.4 Å². The summed E-state index contributed by atoms with van der Waals surface area (Å²) in [6.07, 6.45) is 5.56. The van der Waals surface area contributed by atoms with Gasteiger partial charge in [-0.3, -0.25) is 0 Å². The van der Waals surface area contributed by atoms with Crippen LogP contribution in [0.3, 0.4) is 0 Å². The number of nitrogens with zero attached hydrogens (tertiary/aromatic N) is 1. The van der Waals surface area contributed by atoms with E-state index in [-0.39, 0.29) is 5.41 Å². The first kappa shape index (κ1) is 31.8. The lowest BCUT2D eigenvalue weighted by atomic mass is 9.59. The normalized spacial score (nSPS) is 22.5. The van der Waals surface area contributed by atoms with Gasteiger partial charge in [0.15, 0.2) is 0 Å². The van der Waals surface area contributed by atoms with Gasteiger partial charge < -0.3 is 9.32 Å². The Bertz CT molecular complexity index is 3060. The lowest BCUT2D eigenvalue weighted by Crippen LogP contribution is -2.40. The highest BCUT2D eigenvalue weighted by Gasteiger charge is 2.66. The maximum Gasteiger partial charge on any atom is 0.137 e. The molecule has 14 rings (SSSR count). The zero-order valence-corrected chi connectivity index (χ0v) is 31.7. The molecule has 0 saturated heterocycles. The van der Waals surface area contributed by atoms with Crippen LogP contribution in [0.2, 0.25) is 0 Å². The molecule has 2 heteroatoms. The molecule has 1 heterocycles. The van der Waals surface area contributed by atoms with Gasteiger partial charge in [0.2, 0.25) is 0 Å². The van der Waals surface area contributed by atoms with Crippen LogP contribution in [0.4, 0.5) is 17.1 Å². The van der Waals surface area contributed by atoms with Crippen LogP contribution < -0.4 is 4.90 Å². The highest BCUT2D eigenvalue weighted by atomic mass is 16.3.